The SMILES string of the molecule is CN(C)C(CNC(=O)C1Cc2cc(Cl)ccc2O1)c1ccc2c(c1)OCO2. The first-order chi connectivity index (χ1) is 13.0. The molecule has 1 N–H and O–H groups in total. The minimum atomic E-state index is -0.530. The first-order valence-electron chi connectivity index (χ1n) is 8.80. The molecule has 2 atom stereocenters. The largest absolute Gasteiger partial charge is 0.480 e. The van der Waals surface area contributed by atoms with Gasteiger partial charge in [0.2, 0.25) is 6.79 Å². The van der Waals surface area contributed by atoms with Crippen LogP contribution in [0.5, 0.6) is 17.2 Å². The molecule has 2 aromatic carbocycles. The van der Waals surface area contributed by atoms with Crippen LogP contribution in [0.3, 0.4) is 0 Å². The number of nitrogens with one attached hydrogen (secondary N) is 1. The standard InChI is InChI=1S/C20H21ClN2O4/c1-23(2)15(12-3-5-17-18(8-12)26-11-25-17)10-22-20(24)19-9-13-7-14(21)4-6-16(13)27-19/h3-8,15,19H,9-11H2,1-2H3,(H,22,24). The van der Waals surface area contributed by atoms with Gasteiger partial charge in [-0.2, -0.15) is 0 Å². The Morgan fingerprint density at radius 3 is 2.78 bits per heavy atom. The zero-order chi connectivity index (χ0) is 19.0. The van der Waals surface area contributed by atoms with Gasteiger partial charge in [-0.25, -0.2) is 0 Å². The molecule has 0 aromatic heterocycles. The maximum Gasteiger partial charge on any atom is 0.261 e. The van der Waals surface area contributed by atoms with Crippen LogP contribution in [0.15, 0.2) is 36.4 Å². The van der Waals surface area contributed by atoms with Crippen molar-refractivity contribution in [2.75, 3.05) is 27.4 Å². The lowest BCUT2D eigenvalue weighted by molar-refractivity contribution is -0.127. The van der Waals surface area contributed by atoms with E-state index in [9.17, 15) is 4.79 Å². The third kappa shape index (κ3) is 3.68. The fourth-order valence-electron chi connectivity index (χ4n) is 3.39. The third-order valence-electron chi connectivity index (χ3n) is 4.86. The van der Waals surface area contributed by atoms with Crippen LogP contribution in [-0.2, 0) is 11.2 Å². The number of carbonyl (C=O) groups is 1. The highest BCUT2D eigenvalue weighted by Gasteiger charge is 2.30. The highest BCUT2D eigenvalue weighted by molar-refractivity contribution is 6.30. The molecule has 2 aromatic rings. The zero-order valence-electron chi connectivity index (χ0n) is 15.2. The maximum atomic E-state index is 12.6. The average molecular weight is 389 g/mol. The van der Waals surface area contributed by atoms with Gasteiger partial charge in [-0.05, 0) is 55.6 Å². The Balaban J connectivity index is 1.41. The van der Waals surface area contributed by atoms with Gasteiger partial charge >= 0.3 is 0 Å². The molecule has 0 spiro atoms. The summed E-state index contributed by atoms with van der Waals surface area (Å²) in [6.45, 7) is 0.703. The van der Waals surface area contributed by atoms with Gasteiger partial charge in [0.15, 0.2) is 17.6 Å². The van der Waals surface area contributed by atoms with Crippen molar-refractivity contribution in [3.8, 4) is 17.2 Å². The second kappa shape index (κ2) is 7.29. The van der Waals surface area contributed by atoms with Crippen LogP contribution >= 0.6 is 11.6 Å². The van der Waals surface area contributed by atoms with Crippen molar-refractivity contribution in [2.45, 2.75) is 18.6 Å². The van der Waals surface area contributed by atoms with E-state index >= 15 is 0 Å². The van der Waals surface area contributed by atoms with Crippen LogP contribution in [0.1, 0.15) is 17.2 Å². The van der Waals surface area contributed by atoms with Crippen molar-refractivity contribution in [3.05, 3.63) is 52.5 Å². The molecule has 142 valence electrons. The number of benzene rings is 2. The van der Waals surface area contributed by atoms with Crippen LogP contribution in [0.25, 0.3) is 0 Å². The van der Waals surface area contributed by atoms with Crippen molar-refractivity contribution in [2.24, 2.45) is 0 Å². The summed E-state index contributed by atoms with van der Waals surface area (Å²) in [6.07, 6.45) is -0.00343. The van der Waals surface area contributed by atoms with E-state index in [1.54, 1.807) is 12.1 Å². The number of likely N-dealkylation sites (N-methyl/N-ethyl adjacent to an activating group) is 1. The summed E-state index contributed by atoms with van der Waals surface area (Å²) in [5, 5.41) is 3.66. The smallest absolute Gasteiger partial charge is 0.261 e. The molecule has 27 heavy (non-hydrogen) atoms. The van der Waals surface area contributed by atoms with Gasteiger partial charge in [0, 0.05) is 18.0 Å². The number of halogens is 1. The number of rotatable bonds is 5. The van der Waals surface area contributed by atoms with Gasteiger partial charge in [-0.3, -0.25) is 4.79 Å². The average Bonchev–Trinajstić information content (AvgIpc) is 3.27. The lowest BCUT2D eigenvalue weighted by atomic mass is 10.0. The molecule has 0 aliphatic carbocycles. The van der Waals surface area contributed by atoms with Gasteiger partial charge in [0.05, 0.1) is 6.04 Å². The number of ether oxygens (including phenoxy) is 3. The Labute approximate surface area is 163 Å². The molecule has 2 heterocycles. The van der Waals surface area contributed by atoms with E-state index in [1.807, 2.05) is 38.4 Å². The van der Waals surface area contributed by atoms with Crippen molar-refractivity contribution in [3.63, 3.8) is 0 Å². The summed E-state index contributed by atoms with van der Waals surface area (Å²) >= 11 is 6.02. The fourth-order valence-corrected chi connectivity index (χ4v) is 3.59. The first-order valence-corrected chi connectivity index (χ1v) is 9.18. The molecule has 4 rings (SSSR count). The molecule has 0 bridgehead atoms. The summed E-state index contributed by atoms with van der Waals surface area (Å²) < 4.78 is 16.6. The Morgan fingerprint density at radius 2 is 1.96 bits per heavy atom. The summed E-state index contributed by atoms with van der Waals surface area (Å²) in [4.78, 5) is 14.7. The molecule has 1 amide bonds. The molecule has 0 saturated heterocycles. The monoisotopic (exact) mass is 388 g/mol. The maximum absolute atomic E-state index is 12.6. The molecular weight excluding hydrogens is 368 g/mol. The number of fused-ring (bicyclic) bond motifs is 2. The van der Waals surface area contributed by atoms with Gasteiger partial charge in [0.25, 0.3) is 5.91 Å². The van der Waals surface area contributed by atoms with E-state index in [2.05, 4.69) is 10.2 Å². The van der Waals surface area contributed by atoms with Crippen molar-refractivity contribution < 1.29 is 19.0 Å². The molecule has 0 radical (unpaired) electrons. The van der Waals surface area contributed by atoms with Crippen LogP contribution in [0.2, 0.25) is 5.02 Å². The summed E-state index contributed by atoms with van der Waals surface area (Å²) in [5.41, 5.74) is 2.01. The van der Waals surface area contributed by atoms with E-state index in [0.29, 0.717) is 18.0 Å². The lowest BCUT2D eigenvalue weighted by Crippen LogP contribution is -2.41. The van der Waals surface area contributed by atoms with Crippen LogP contribution in [0, 0.1) is 0 Å². The molecule has 2 unspecified atom stereocenters. The van der Waals surface area contributed by atoms with Gasteiger partial charge in [-0.15, -0.1) is 0 Å². The van der Waals surface area contributed by atoms with E-state index < -0.39 is 6.10 Å². The van der Waals surface area contributed by atoms with Crippen molar-refractivity contribution in [1.82, 2.24) is 10.2 Å². The van der Waals surface area contributed by atoms with Crippen LogP contribution in [0.4, 0.5) is 0 Å². The first kappa shape index (κ1) is 17.9. The summed E-state index contributed by atoms with van der Waals surface area (Å²) in [6, 6.07) is 11.3. The minimum Gasteiger partial charge on any atom is -0.480 e. The number of amides is 1. The Bertz CT molecular complexity index is 871. The predicted molar refractivity (Wildman–Crippen MR) is 102 cm³/mol. The minimum absolute atomic E-state index is 0.00155. The van der Waals surface area contributed by atoms with E-state index in [0.717, 1.165) is 28.4 Å². The van der Waals surface area contributed by atoms with Crippen molar-refractivity contribution >= 4 is 17.5 Å². The second-order valence-electron chi connectivity index (χ2n) is 6.90. The van der Waals surface area contributed by atoms with Crippen LogP contribution < -0.4 is 19.5 Å². The second-order valence-corrected chi connectivity index (χ2v) is 7.34. The van der Waals surface area contributed by atoms with Gasteiger partial charge < -0.3 is 24.4 Å². The summed E-state index contributed by atoms with van der Waals surface area (Å²) in [5.74, 6) is 2.07. The quantitative estimate of drug-likeness (QED) is 0.853. The third-order valence-corrected chi connectivity index (χ3v) is 5.10. The molecule has 0 saturated carbocycles. The molecular formula is C20H21ClN2O4. The zero-order valence-corrected chi connectivity index (χ0v) is 16.0. The van der Waals surface area contributed by atoms with E-state index in [4.69, 9.17) is 25.8 Å². The van der Waals surface area contributed by atoms with E-state index in [1.165, 1.54) is 0 Å². The number of nitrogens with zero attached hydrogens (tertiary/aromatic N) is 1. The van der Waals surface area contributed by atoms with Gasteiger partial charge in [0.1, 0.15) is 5.75 Å². The van der Waals surface area contributed by atoms with E-state index in [-0.39, 0.29) is 18.7 Å². The Kier molecular flexibility index (Phi) is 4.85. The molecule has 6 nitrogen and oxygen atoms in total. The van der Waals surface area contributed by atoms with Gasteiger partial charge in [-0.1, -0.05) is 17.7 Å². The normalized spacial score (nSPS) is 18.1. The molecule has 2 aliphatic heterocycles. The van der Waals surface area contributed by atoms with Crippen LogP contribution in [-0.4, -0.2) is 44.3 Å². The fraction of sp³-hybridized carbons (Fsp3) is 0.350. The number of hydrogen-bond acceptors (Lipinski definition) is 5. The highest BCUT2D eigenvalue weighted by atomic mass is 35.5. The molecule has 0 fully saturated rings. The molecule has 2 aliphatic rings. The Morgan fingerprint density at radius 1 is 1.19 bits per heavy atom. The predicted octanol–water partition coefficient (Wildman–Crippen LogP) is 2.79. The topological polar surface area (TPSA) is 60.0 Å². The number of hydrogen-bond donors (Lipinski definition) is 1. The Hall–Kier alpha value is -2.44. The lowest BCUT2D eigenvalue weighted by Gasteiger charge is -2.26. The molecule has 7 heteroatoms. The highest BCUT2D eigenvalue weighted by Crippen LogP contribution is 2.35. The summed E-state index contributed by atoms with van der Waals surface area (Å²) in [7, 11) is 3.96. The number of carbonyl (C=O) groups excluding carboxylic acids is 1. The van der Waals surface area contributed by atoms with Crippen molar-refractivity contribution in [1.29, 1.82) is 0 Å².